The Balaban J connectivity index is 1.44. The van der Waals surface area contributed by atoms with E-state index in [9.17, 15) is 0 Å². The standard InChI is InChI=1S/C15H19N5/c16-14-17-13(18-19-14)12-10-15(12)6-8-20(9-7-15)11-4-2-1-3-5-11/h1-5,12H,6-10H2,(H3,16,17,18,19). The van der Waals surface area contributed by atoms with Crippen molar-refractivity contribution in [3.8, 4) is 0 Å². The zero-order chi connectivity index (χ0) is 13.6. The fraction of sp³-hybridized carbons (Fsp3) is 0.467. The van der Waals surface area contributed by atoms with Crippen LogP contribution in [0.3, 0.4) is 0 Å². The fourth-order valence-electron chi connectivity index (χ4n) is 3.56. The molecule has 3 N–H and O–H groups in total. The number of hydrogen-bond donors (Lipinski definition) is 2. The second-order valence-corrected chi connectivity index (χ2v) is 6.02. The van der Waals surface area contributed by atoms with Gasteiger partial charge in [0, 0.05) is 24.7 Å². The number of benzene rings is 1. The van der Waals surface area contributed by atoms with Gasteiger partial charge in [-0.2, -0.15) is 10.1 Å². The van der Waals surface area contributed by atoms with Gasteiger partial charge in [0.05, 0.1) is 0 Å². The summed E-state index contributed by atoms with van der Waals surface area (Å²) in [4.78, 5) is 6.78. The van der Waals surface area contributed by atoms with Crippen LogP contribution in [0, 0.1) is 5.41 Å². The maximum atomic E-state index is 5.62. The Bertz CT molecular complexity index is 598. The molecule has 0 amide bonds. The number of H-pyrrole nitrogens is 1. The van der Waals surface area contributed by atoms with Crippen molar-refractivity contribution in [1.82, 2.24) is 15.2 Å². The smallest absolute Gasteiger partial charge is 0.216 e. The van der Waals surface area contributed by atoms with Crippen LogP contribution < -0.4 is 10.6 Å². The third-order valence-electron chi connectivity index (χ3n) is 4.90. The number of rotatable bonds is 2. The van der Waals surface area contributed by atoms with Gasteiger partial charge < -0.3 is 10.6 Å². The summed E-state index contributed by atoms with van der Waals surface area (Å²) in [7, 11) is 0. The molecule has 0 radical (unpaired) electrons. The molecule has 2 aromatic rings. The first-order chi connectivity index (χ1) is 9.77. The summed E-state index contributed by atoms with van der Waals surface area (Å²) < 4.78 is 0. The summed E-state index contributed by atoms with van der Waals surface area (Å²) >= 11 is 0. The highest BCUT2D eigenvalue weighted by molar-refractivity contribution is 5.47. The summed E-state index contributed by atoms with van der Waals surface area (Å²) in [6.07, 6.45) is 3.66. The van der Waals surface area contributed by atoms with Crippen LogP contribution in [-0.4, -0.2) is 28.3 Å². The lowest BCUT2D eigenvalue weighted by Crippen LogP contribution is -2.35. The van der Waals surface area contributed by atoms with E-state index in [-0.39, 0.29) is 0 Å². The average molecular weight is 269 g/mol. The van der Waals surface area contributed by atoms with Crippen LogP contribution >= 0.6 is 0 Å². The largest absolute Gasteiger partial charge is 0.371 e. The van der Waals surface area contributed by atoms with Gasteiger partial charge in [0.2, 0.25) is 5.95 Å². The van der Waals surface area contributed by atoms with Gasteiger partial charge in [0.25, 0.3) is 0 Å². The maximum Gasteiger partial charge on any atom is 0.216 e. The first-order valence-electron chi connectivity index (χ1n) is 7.25. The minimum Gasteiger partial charge on any atom is -0.371 e. The molecule has 1 unspecified atom stereocenters. The zero-order valence-electron chi connectivity index (χ0n) is 11.4. The van der Waals surface area contributed by atoms with E-state index in [1.165, 1.54) is 24.9 Å². The highest BCUT2D eigenvalue weighted by Gasteiger charge is 2.57. The number of hydrogen-bond acceptors (Lipinski definition) is 4. The molecule has 20 heavy (non-hydrogen) atoms. The second-order valence-electron chi connectivity index (χ2n) is 6.02. The lowest BCUT2D eigenvalue weighted by molar-refractivity contribution is 0.368. The van der Waals surface area contributed by atoms with Crippen molar-refractivity contribution in [3.63, 3.8) is 0 Å². The van der Waals surface area contributed by atoms with Crippen LogP contribution in [0.2, 0.25) is 0 Å². The van der Waals surface area contributed by atoms with Gasteiger partial charge in [-0.3, -0.25) is 0 Å². The zero-order valence-corrected chi connectivity index (χ0v) is 11.4. The van der Waals surface area contributed by atoms with Crippen molar-refractivity contribution in [3.05, 3.63) is 36.2 Å². The summed E-state index contributed by atoms with van der Waals surface area (Å²) in [5.74, 6) is 1.86. The van der Waals surface area contributed by atoms with Crippen molar-refractivity contribution in [1.29, 1.82) is 0 Å². The van der Waals surface area contributed by atoms with E-state index >= 15 is 0 Å². The van der Waals surface area contributed by atoms with Gasteiger partial charge in [-0.15, -0.1) is 0 Å². The van der Waals surface area contributed by atoms with E-state index in [1.807, 2.05) is 0 Å². The van der Waals surface area contributed by atoms with Crippen LogP contribution in [0.5, 0.6) is 0 Å². The molecule has 2 heterocycles. The minimum absolute atomic E-state index is 0.430. The predicted molar refractivity (Wildman–Crippen MR) is 78.5 cm³/mol. The van der Waals surface area contributed by atoms with Gasteiger partial charge in [-0.1, -0.05) is 18.2 Å². The fourth-order valence-corrected chi connectivity index (χ4v) is 3.56. The number of aromatic amines is 1. The molecule has 1 aliphatic heterocycles. The van der Waals surface area contributed by atoms with Crippen LogP contribution in [0.4, 0.5) is 11.6 Å². The molecule has 1 spiro atoms. The van der Waals surface area contributed by atoms with Crippen molar-refractivity contribution in [2.75, 3.05) is 23.7 Å². The topological polar surface area (TPSA) is 70.8 Å². The molecule has 1 aliphatic carbocycles. The van der Waals surface area contributed by atoms with Gasteiger partial charge in [-0.25, -0.2) is 5.10 Å². The number of nitrogens with one attached hydrogen (secondary N) is 1. The van der Waals surface area contributed by atoms with E-state index in [0.29, 0.717) is 17.3 Å². The van der Waals surface area contributed by atoms with Crippen LogP contribution in [-0.2, 0) is 0 Å². The highest BCUT2D eigenvalue weighted by Crippen LogP contribution is 2.64. The van der Waals surface area contributed by atoms with Crippen molar-refractivity contribution in [2.45, 2.75) is 25.2 Å². The molecule has 4 rings (SSSR count). The van der Waals surface area contributed by atoms with E-state index in [1.54, 1.807) is 0 Å². The van der Waals surface area contributed by atoms with E-state index < -0.39 is 0 Å². The van der Waals surface area contributed by atoms with Gasteiger partial charge in [0.1, 0.15) is 0 Å². The Labute approximate surface area is 118 Å². The predicted octanol–water partition coefficient (Wildman–Crippen LogP) is 2.16. The van der Waals surface area contributed by atoms with Crippen molar-refractivity contribution in [2.24, 2.45) is 5.41 Å². The van der Waals surface area contributed by atoms with Crippen LogP contribution in [0.15, 0.2) is 30.3 Å². The average Bonchev–Trinajstić information content (AvgIpc) is 3.00. The quantitative estimate of drug-likeness (QED) is 0.876. The summed E-state index contributed by atoms with van der Waals surface area (Å²) in [5, 5.41) is 6.98. The van der Waals surface area contributed by atoms with E-state index in [0.717, 1.165) is 18.9 Å². The third-order valence-corrected chi connectivity index (χ3v) is 4.90. The number of anilines is 2. The number of aromatic nitrogens is 3. The molecule has 1 aromatic heterocycles. The molecule has 1 saturated heterocycles. The summed E-state index contributed by atoms with van der Waals surface area (Å²) in [5.41, 5.74) is 7.39. The number of piperidine rings is 1. The first kappa shape index (κ1) is 11.8. The molecule has 2 fully saturated rings. The lowest BCUT2D eigenvalue weighted by Gasteiger charge is -2.34. The van der Waals surface area contributed by atoms with E-state index in [4.69, 9.17) is 5.73 Å². The molecule has 2 aliphatic rings. The van der Waals surface area contributed by atoms with Crippen LogP contribution in [0.25, 0.3) is 0 Å². The maximum absolute atomic E-state index is 5.62. The molecule has 104 valence electrons. The highest BCUT2D eigenvalue weighted by atomic mass is 15.3. The number of nitrogen functional groups attached to an aromatic ring is 1. The Morgan fingerprint density at radius 3 is 2.60 bits per heavy atom. The monoisotopic (exact) mass is 269 g/mol. The molecular weight excluding hydrogens is 250 g/mol. The molecule has 0 bridgehead atoms. The summed E-state index contributed by atoms with van der Waals surface area (Å²) in [6, 6.07) is 10.7. The summed E-state index contributed by atoms with van der Waals surface area (Å²) in [6.45, 7) is 2.25. The first-order valence-corrected chi connectivity index (χ1v) is 7.25. The number of para-hydroxylation sites is 1. The number of nitrogens with two attached hydrogens (primary N) is 1. The molecule has 1 saturated carbocycles. The molecule has 1 atom stereocenters. The number of nitrogens with zero attached hydrogens (tertiary/aromatic N) is 3. The Morgan fingerprint density at radius 1 is 1.20 bits per heavy atom. The molecule has 5 nitrogen and oxygen atoms in total. The van der Waals surface area contributed by atoms with Gasteiger partial charge >= 0.3 is 0 Å². The second kappa shape index (κ2) is 4.23. The van der Waals surface area contributed by atoms with Crippen molar-refractivity contribution >= 4 is 11.6 Å². The van der Waals surface area contributed by atoms with E-state index in [2.05, 4.69) is 50.4 Å². The Morgan fingerprint density at radius 2 is 1.95 bits per heavy atom. The third kappa shape index (κ3) is 1.85. The lowest BCUT2D eigenvalue weighted by atomic mass is 9.90. The molecule has 5 heteroatoms. The van der Waals surface area contributed by atoms with Gasteiger partial charge in [0.15, 0.2) is 5.82 Å². The van der Waals surface area contributed by atoms with Crippen LogP contribution in [0.1, 0.15) is 31.0 Å². The molecular formula is C15H19N5. The Kier molecular flexibility index (Phi) is 2.49. The normalized spacial score (nSPS) is 24.0. The SMILES string of the molecule is Nc1nc(C2CC23CCN(c2ccccc2)CC3)n[nH]1. The van der Waals surface area contributed by atoms with Gasteiger partial charge in [-0.05, 0) is 36.8 Å². The van der Waals surface area contributed by atoms with Crippen molar-refractivity contribution < 1.29 is 0 Å². The molecule has 1 aromatic carbocycles. The Hall–Kier alpha value is -2.04. The minimum atomic E-state index is 0.430.